The molecule has 0 aliphatic carbocycles. The highest BCUT2D eigenvalue weighted by atomic mass is 79.9. The molecule has 0 unspecified atom stereocenters. The minimum Gasteiger partial charge on any atom is -0.289 e. The standard InChI is InChI=1S/C15H8BrClO/c16-11-7-6-9-4-5-10-2-1-3-13(17)14(10)15(18)12(9)8-11/h1-8H. The van der Waals surface area contributed by atoms with E-state index in [0.717, 1.165) is 15.2 Å². The quantitative estimate of drug-likeness (QED) is 0.583. The van der Waals surface area contributed by atoms with E-state index >= 15 is 0 Å². The van der Waals surface area contributed by atoms with Gasteiger partial charge in [0.15, 0.2) is 5.43 Å². The van der Waals surface area contributed by atoms with Gasteiger partial charge in [-0.2, -0.15) is 0 Å². The molecule has 0 fully saturated rings. The molecular formula is C15H8BrClO. The zero-order valence-electron chi connectivity index (χ0n) is 9.28. The molecule has 0 amide bonds. The minimum atomic E-state index is -0.0306. The second-order valence-corrected chi connectivity index (χ2v) is 5.42. The van der Waals surface area contributed by atoms with Gasteiger partial charge in [-0.25, -0.2) is 0 Å². The van der Waals surface area contributed by atoms with Crippen molar-refractivity contribution in [3.05, 3.63) is 68.2 Å². The van der Waals surface area contributed by atoms with Crippen LogP contribution >= 0.6 is 27.5 Å². The largest absolute Gasteiger partial charge is 0.289 e. The van der Waals surface area contributed by atoms with E-state index < -0.39 is 0 Å². The number of hydrogen-bond donors (Lipinski definition) is 0. The predicted molar refractivity (Wildman–Crippen MR) is 80.4 cm³/mol. The van der Waals surface area contributed by atoms with Crippen molar-refractivity contribution in [3.63, 3.8) is 0 Å². The fraction of sp³-hybridized carbons (Fsp3) is 0. The van der Waals surface area contributed by atoms with Gasteiger partial charge in [0.2, 0.25) is 0 Å². The lowest BCUT2D eigenvalue weighted by Gasteiger charge is -1.95. The first-order valence-corrected chi connectivity index (χ1v) is 6.65. The molecule has 0 aliphatic rings. The minimum absolute atomic E-state index is 0.0306. The van der Waals surface area contributed by atoms with Crippen molar-refractivity contribution < 1.29 is 0 Å². The fourth-order valence-electron chi connectivity index (χ4n) is 2.10. The van der Waals surface area contributed by atoms with Crippen LogP contribution in [0.2, 0.25) is 5.02 Å². The highest BCUT2D eigenvalue weighted by Gasteiger charge is 2.05. The summed E-state index contributed by atoms with van der Waals surface area (Å²) in [4.78, 5) is 12.6. The van der Waals surface area contributed by atoms with Crippen LogP contribution in [0, 0.1) is 0 Å². The second-order valence-electron chi connectivity index (χ2n) is 4.10. The van der Waals surface area contributed by atoms with Crippen LogP contribution in [0.15, 0.2) is 57.8 Å². The average molecular weight is 320 g/mol. The zero-order valence-corrected chi connectivity index (χ0v) is 11.6. The second kappa shape index (κ2) is 4.38. The molecule has 1 nitrogen and oxygen atoms in total. The lowest BCUT2D eigenvalue weighted by Crippen LogP contribution is -1.98. The van der Waals surface area contributed by atoms with Crippen molar-refractivity contribution in [1.82, 2.24) is 0 Å². The van der Waals surface area contributed by atoms with E-state index in [9.17, 15) is 4.79 Å². The normalized spacial score (nSPS) is 11.0. The van der Waals surface area contributed by atoms with Gasteiger partial charge in [-0.15, -0.1) is 0 Å². The van der Waals surface area contributed by atoms with Crippen molar-refractivity contribution in [1.29, 1.82) is 0 Å². The van der Waals surface area contributed by atoms with Crippen molar-refractivity contribution in [2.24, 2.45) is 0 Å². The molecule has 0 N–H and O–H groups in total. The third-order valence-corrected chi connectivity index (χ3v) is 3.78. The third-order valence-electron chi connectivity index (χ3n) is 2.98. The van der Waals surface area contributed by atoms with Crippen LogP contribution in [0.25, 0.3) is 21.5 Å². The molecule has 0 heterocycles. The van der Waals surface area contributed by atoms with Crippen LogP contribution in [0.4, 0.5) is 0 Å². The van der Waals surface area contributed by atoms with Gasteiger partial charge in [-0.3, -0.25) is 4.79 Å². The molecule has 0 saturated carbocycles. The maximum atomic E-state index is 12.6. The van der Waals surface area contributed by atoms with Gasteiger partial charge in [0.1, 0.15) is 0 Å². The van der Waals surface area contributed by atoms with Crippen LogP contribution in [0.1, 0.15) is 0 Å². The molecule has 3 heteroatoms. The molecule has 0 aromatic heterocycles. The summed E-state index contributed by atoms with van der Waals surface area (Å²) in [6.07, 6.45) is 0. The molecule has 18 heavy (non-hydrogen) atoms. The summed E-state index contributed by atoms with van der Waals surface area (Å²) < 4.78 is 0.888. The van der Waals surface area contributed by atoms with E-state index in [4.69, 9.17) is 11.6 Å². The summed E-state index contributed by atoms with van der Waals surface area (Å²) in [7, 11) is 0. The van der Waals surface area contributed by atoms with Crippen molar-refractivity contribution in [2.45, 2.75) is 0 Å². The Balaban J connectivity index is 2.68. The summed E-state index contributed by atoms with van der Waals surface area (Å²) in [6, 6.07) is 15.1. The Morgan fingerprint density at radius 3 is 2.50 bits per heavy atom. The number of benzene rings is 2. The molecule has 0 spiro atoms. The molecule has 3 aromatic rings. The third kappa shape index (κ3) is 1.82. The molecule has 0 atom stereocenters. The number of fused-ring (bicyclic) bond motifs is 2. The zero-order chi connectivity index (χ0) is 12.7. The van der Waals surface area contributed by atoms with Gasteiger partial charge in [-0.1, -0.05) is 57.9 Å². The van der Waals surface area contributed by atoms with E-state index in [1.807, 2.05) is 42.5 Å². The van der Waals surface area contributed by atoms with Gasteiger partial charge in [-0.05, 0) is 29.0 Å². The Kier molecular flexibility index (Phi) is 2.84. The Hall–Kier alpha value is -1.38. The van der Waals surface area contributed by atoms with Gasteiger partial charge in [0, 0.05) is 15.2 Å². The molecule has 0 bridgehead atoms. The Morgan fingerprint density at radius 2 is 1.67 bits per heavy atom. The molecule has 3 rings (SSSR count). The van der Waals surface area contributed by atoms with E-state index in [1.54, 1.807) is 6.07 Å². The Morgan fingerprint density at radius 1 is 0.944 bits per heavy atom. The maximum Gasteiger partial charge on any atom is 0.195 e. The lowest BCUT2D eigenvalue weighted by molar-refractivity contribution is 1.71. The summed E-state index contributed by atoms with van der Waals surface area (Å²) in [6.45, 7) is 0. The Labute approximate surface area is 117 Å². The van der Waals surface area contributed by atoms with E-state index in [2.05, 4.69) is 15.9 Å². The van der Waals surface area contributed by atoms with Crippen molar-refractivity contribution in [3.8, 4) is 0 Å². The van der Waals surface area contributed by atoms with Crippen LogP contribution in [0.3, 0.4) is 0 Å². The summed E-state index contributed by atoms with van der Waals surface area (Å²) in [5.41, 5.74) is -0.0306. The van der Waals surface area contributed by atoms with E-state index in [1.165, 1.54) is 0 Å². The van der Waals surface area contributed by atoms with Crippen LogP contribution in [0.5, 0.6) is 0 Å². The lowest BCUT2D eigenvalue weighted by atomic mass is 10.1. The fourth-order valence-corrected chi connectivity index (χ4v) is 2.73. The number of rotatable bonds is 0. The molecule has 0 aliphatic heterocycles. The molecular weight excluding hydrogens is 312 g/mol. The highest BCUT2D eigenvalue weighted by molar-refractivity contribution is 9.10. The van der Waals surface area contributed by atoms with Crippen molar-refractivity contribution in [2.75, 3.05) is 0 Å². The molecule has 0 radical (unpaired) electrons. The molecule has 88 valence electrons. The molecule has 0 saturated heterocycles. The SMILES string of the molecule is O=c1c2cc(Br)ccc2ccc2cccc(Cl)c12. The van der Waals surface area contributed by atoms with Crippen LogP contribution in [-0.2, 0) is 0 Å². The number of halogens is 2. The first-order valence-electron chi connectivity index (χ1n) is 5.47. The van der Waals surface area contributed by atoms with Crippen LogP contribution in [-0.4, -0.2) is 0 Å². The Bertz CT molecular complexity index is 827. The van der Waals surface area contributed by atoms with E-state index in [0.29, 0.717) is 15.8 Å². The smallest absolute Gasteiger partial charge is 0.195 e. The van der Waals surface area contributed by atoms with Gasteiger partial charge < -0.3 is 0 Å². The monoisotopic (exact) mass is 318 g/mol. The predicted octanol–water partition coefficient (Wildman–Crippen LogP) is 4.77. The van der Waals surface area contributed by atoms with Gasteiger partial charge in [0.25, 0.3) is 0 Å². The number of hydrogen-bond acceptors (Lipinski definition) is 1. The summed E-state index contributed by atoms with van der Waals surface area (Å²) in [5, 5.41) is 3.52. The van der Waals surface area contributed by atoms with Gasteiger partial charge in [0.05, 0.1) is 5.02 Å². The average Bonchev–Trinajstić information content (AvgIpc) is 2.49. The van der Waals surface area contributed by atoms with E-state index in [-0.39, 0.29) is 5.43 Å². The first-order chi connectivity index (χ1) is 8.66. The summed E-state index contributed by atoms with van der Waals surface area (Å²) >= 11 is 9.54. The highest BCUT2D eigenvalue weighted by Crippen LogP contribution is 2.23. The maximum absolute atomic E-state index is 12.6. The van der Waals surface area contributed by atoms with Gasteiger partial charge >= 0.3 is 0 Å². The first kappa shape index (κ1) is 11.7. The topological polar surface area (TPSA) is 17.1 Å². The summed E-state index contributed by atoms with van der Waals surface area (Å²) in [5.74, 6) is 0. The van der Waals surface area contributed by atoms with Crippen molar-refractivity contribution >= 4 is 49.1 Å². The van der Waals surface area contributed by atoms with Crippen LogP contribution < -0.4 is 5.43 Å². The molecule has 3 aromatic carbocycles.